The molecule has 0 spiro atoms. The molecular weight excluding hydrogens is 272 g/mol. The Bertz CT molecular complexity index is 553. The van der Waals surface area contributed by atoms with Gasteiger partial charge in [-0.2, -0.15) is 0 Å². The standard InChI is InChI=1S/C16H21ClN2O/c1-12(14-6-4-5-7-15(14)17)19(3)11-16-13(10-18-2)8-9-20-16/h4-9,12,18H,10-11H2,1-3H3. The van der Waals surface area contributed by atoms with Gasteiger partial charge in [-0.25, -0.2) is 0 Å². The fourth-order valence-corrected chi connectivity index (χ4v) is 2.56. The molecule has 1 aromatic heterocycles. The van der Waals surface area contributed by atoms with Crippen molar-refractivity contribution in [1.82, 2.24) is 10.2 Å². The Morgan fingerprint density at radius 2 is 2.05 bits per heavy atom. The highest BCUT2D eigenvalue weighted by Crippen LogP contribution is 2.27. The molecule has 0 aliphatic rings. The average molecular weight is 293 g/mol. The quantitative estimate of drug-likeness (QED) is 0.877. The Kier molecular flexibility index (Phi) is 5.24. The van der Waals surface area contributed by atoms with E-state index in [1.165, 1.54) is 5.56 Å². The Hall–Kier alpha value is -1.29. The number of furan rings is 1. The number of halogens is 1. The molecule has 20 heavy (non-hydrogen) atoms. The van der Waals surface area contributed by atoms with Gasteiger partial charge in [0.15, 0.2) is 0 Å². The van der Waals surface area contributed by atoms with Gasteiger partial charge >= 0.3 is 0 Å². The van der Waals surface area contributed by atoms with Crippen molar-refractivity contribution in [1.29, 1.82) is 0 Å². The number of nitrogens with one attached hydrogen (secondary N) is 1. The molecule has 4 heteroatoms. The van der Waals surface area contributed by atoms with E-state index >= 15 is 0 Å². The maximum absolute atomic E-state index is 6.27. The highest BCUT2D eigenvalue weighted by Gasteiger charge is 2.17. The van der Waals surface area contributed by atoms with Crippen LogP contribution >= 0.6 is 11.6 Å². The van der Waals surface area contributed by atoms with Crippen molar-refractivity contribution in [2.45, 2.75) is 26.1 Å². The number of nitrogens with zero attached hydrogens (tertiary/aromatic N) is 1. The SMILES string of the molecule is CNCc1ccoc1CN(C)C(C)c1ccccc1Cl. The first kappa shape index (κ1) is 15.1. The van der Waals surface area contributed by atoms with E-state index in [4.69, 9.17) is 16.0 Å². The molecule has 1 aromatic carbocycles. The van der Waals surface area contributed by atoms with Crippen molar-refractivity contribution >= 4 is 11.6 Å². The van der Waals surface area contributed by atoms with Crippen LogP contribution in [0.3, 0.4) is 0 Å². The summed E-state index contributed by atoms with van der Waals surface area (Å²) in [4.78, 5) is 2.24. The number of benzene rings is 1. The Balaban J connectivity index is 2.09. The normalized spacial score (nSPS) is 12.8. The topological polar surface area (TPSA) is 28.4 Å². The van der Waals surface area contributed by atoms with E-state index in [-0.39, 0.29) is 6.04 Å². The van der Waals surface area contributed by atoms with Crippen LogP contribution in [0.1, 0.15) is 29.9 Å². The minimum Gasteiger partial charge on any atom is -0.468 e. The van der Waals surface area contributed by atoms with E-state index in [1.807, 2.05) is 31.3 Å². The molecule has 0 aliphatic carbocycles. The second-order valence-corrected chi connectivity index (χ2v) is 5.42. The van der Waals surface area contributed by atoms with Crippen molar-refractivity contribution in [3.63, 3.8) is 0 Å². The summed E-state index contributed by atoms with van der Waals surface area (Å²) in [6.45, 7) is 3.73. The van der Waals surface area contributed by atoms with E-state index in [0.717, 1.165) is 29.4 Å². The number of hydrogen-bond acceptors (Lipinski definition) is 3. The zero-order chi connectivity index (χ0) is 14.5. The fourth-order valence-electron chi connectivity index (χ4n) is 2.27. The van der Waals surface area contributed by atoms with Gasteiger partial charge in [-0.1, -0.05) is 29.8 Å². The lowest BCUT2D eigenvalue weighted by molar-refractivity contribution is 0.231. The third-order valence-corrected chi connectivity index (χ3v) is 3.96. The molecule has 1 unspecified atom stereocenters. The molecule has 0 radical (unpaired) electrons. The van der Waals surface area contributed by atoms with E-state index < -0.39 is 0 Å². The predicted molar refractivity (Wildman–Crippen MR) is 82.8 cm³/mol. The first-order valence-corrected chi connectivity index (χ1v) is 7.15. The molecule has 108 valence electrons. The summed E-state index contributed by atoms with van der Waals surface area (Å²) in [5.41, 5.74) is 2.34. The van der Waals surface area contributed by atoms with Gasteiger partial charge in [0.25, 0.3) is 0 Å². The minimum absolute atomic E-state index is 0.233. The summed E-state index contributed by atoms with van der Waals surface area (Å²) in [7, 11) is 4.02. The molecule has 0 amide bonds. The summed E-state index contributed by atoms with van der Waals surface area (Å²) in [5.74, 6) is 1.00. The summed E-state index contributed by atoms with van der Waals surface area (Å²) in [6, 6.07) is 10.2. The molecule has 2 rings (SSSR count). The van der Waals surface area contributed by atoms with Crippen LogP contribution in [0, 0.1) is 0 Å². The molecular formula is C16H21ClN2O. The predicted octanol–water partition coefficient (Wildman–Crippen LogP) is 3.85. The van der Waals surface area contributed by atoms with E-state index in [2.05, 4.69) is 30.3 Å². The van der Waals surface area contributed by atoms with Gasteiger partial charge in [0.05, 0.1) is 12.8 Å². The molecule has 0 saturated heterocycles. The highest BCUT2D eigenvalue weighted by molar-refractivity contribution is 6.31. The Labute approximate surface area is 125 Å². The third-order valence-electron chi connectivity index (χ3n) is 3.61. The first-order chi connectivity index (χ1) is 9.63. The lowest BCUT2D eigenvalue weighted by Gasteiger charge is -2.25. The first-order valence-electron chi connectivity index (χ1n) is 6.78. The van der Waals surface area contributed by atoms with Crippen LogP contribution < -0.4 is 5.32 Å². The zero-order valence-corrected chi connectivity index (χ0v) is 12.9. The van der Waals surface area contributed by atoms with Crippen molar-refractivity contribution in [2.24, 2.45) is 0 Å². The van der Waals surface area contributed by atoms with Crippen molar-refractivity contribution in [3.8, 4) is 0 Å². The van der Waals surface area contributed by atoms with Crippen LogP contribution in [0.4, 0.5) is 0 Å². The van der Waals surface area contributed by atoms with Crippen LogP contribution in [0.25, 0.3) is 0 Å². The van der Waals surface area contributed by atoms with E-state index in [1.54, 1.807) is 6.26 Å². The summed E-state index contributed by atoms with van der Waals surface area (Å²) in [6.07, 6.45) is 1.75. The van der Waals surface area contributed by atoms with Gasteiger partial charge in [0.1, 0.15) is 5.76 Å². The maximum atomic E-state index is 6.27. The van der Waals surface area contributed by atoms with Crippen LogP contribution in [0.5, 0.6) is 0 Å². The molecule has 2 aromatic rings. The molecule has 0 saturated carbocycles. The van der Waals surface area contributed by atoms with Crippen molar-refractivity contribution in [2.75, 3.05) is 14.1 Å². The monoisotopic (exact) mass is 292 g/mol. The van der Waals surface area contributed by atoms with E-state index in [9.17, 15) is 0 Å². The summed E-state index contributed by atoms with van der Waals surface area (Å²) in [5, 5.41) is 3.96. The molecule has 0 aliphatic heterocycles. The third kappa shape index (κ3) is 3.42. The Morgan fingerprint density at radius 1 is 1.30 bits per heavy atom. The molecule has 0 bridgehead atoms. The average Bonchev–Trinajstić information content (AvgIpc) is 2.86. The largest absolute Gasteiger partial charge is 0.468 e. The van der Waals surface area contributed by atoms with Crippen LogP contribution in [-0.2, 0) is 13.1 Å². The number of rotatable bonds is 6. The lowest BCUT2D eigenvalue weighted by Crippen LogP contribution is -2.23. The smallest absolute Gasteiger partial charge is 0.122 e. The zero-order valence-electron chi connectivity index (χ0n) is 12.2. The van der Waals surface area contributed by atoms with Gasteiger partial charge in [-0.3, -0.25) is 4.90 Å². The maximum Gasteiger partial charge on any atom is 0.122 e. The second kappa shape index (κ2) is 6.93. The van der Waals surface area contributed by atoms with Gasteiger partial charge in [-0.15, -0.1) is 0 Å². The fraction of sp³-hybridized carbons (Fsp3) is 0.375. The van der Waals surface area contributed by atoms with Crippen LogP contribution in [0.2, 0.25) is 5.02 Å². The van der Waals surface area contributed by atoms with E-state index in [0.29, 0.717) is 0 Å². The molecule has 3 nitrogen and oxygen atoms in total. The molecule has 1 heterocycles. The van der Waals surface area contributed by atoms with Crippen LogP contribution in [-0.4, -0.2) is 19.0 Å². The molecule has 1 atom stereocenters. The lowest BCUT2D eigenvalue weighted by atomic mass is 10.1. The van der Waals surface area contributed by atoms with Gasteiger partial charge in [0.2, 0.25) is 0 Å². The molecule has 0 fully saturated rings. The van der Waals surface area contributed by atoms with Crippen molar-refractivity contribution in [3.05, 3.63) is 58.5 Å². The second-order valence-electron chi connectivity index (χ2n) is 5.01. The van der Waals surface area contributed by atoms with Gasteiger partial charge in [-0.05, 0) is 38.7 Å². The Morgan fingerprint density at radius 3 is 2.75 bits per heavy atom. The van der Waals surface area contributed by atoms with Gasteiger partial charge < -0.3 is 9.73 Å². The summed E-state index contributed by atoms with van der Waals surface area (Å²) < 4.78 is 5.59. The number of hydrogen-bond donors (Lipinski definition) is 1. The highest BCUT2D eigenvalue weighted by atomic mass is 35.5. The minimum atomic E-state index is 0.233. The summed E-state index contributed by atoms with van der Waals surface area (Å²) >= 11 is 6.27. The van der Waals surface area contributed by atoms with Crippen LogP contribution in [0.15, 0.2) is 41.0 Å². The van der Waals surface area contributed by atoms with Crippen molar-refractivity contribution < 1.29 is 4.42 Å². The molecule has 1 N–H and O–H groups in total. The van der Waals surface area contributed by atoms with Gasteiger partial charge in [0, 0.05) is 23.2 Å².